The van der Waals surface area contributed by atoms with Crippen molar-refractivity contribution in [3.05, 3.63) is 149 Å². The summed E-state index contributed by atoms with van der Waals surface area (Å²) < 4.78 is 20.1. The first kappa shape index (κ1) is 38.9. The molecular formula is C52H55N3O4. The van der Waals surface area contributed by atoms with Crippen LogP contribution in [-0.4, -0.2) is 16.2 Å². The van der Waals surface area contributed by atoms with Gasteiger partial charge in [0.25, 0.3) is 0 Å². The maximum Gasteiger partial charge on any atom is 0.204 e. The van der Waals surface area contributed by atoms with Crippen molar-refractivity contribution < 1.29 is 19.3 Å². The van der Waals surface area contributed by atoms with Crippen LogP contribution in [0.3, 0.4) is 0 Å². The summed E-state index contributed by atoms with van der Waals surface area (Å²) in [6.07, 6.45) is 10.7. The van der Waals surface area contributed by atoms with Crippen molar-refractivity contribution in [1.29, 1.82) is 5.26 Å². The lowest BCUT2D eigenvalue weighted by atomic mass is 9.47. The normalized spacial score (nSPS) is 27.0. The standard InChI is InChI=1S/C52H55N3O4/c1-51-26-24-38(56)28-37(51)18-19-40-43-21-22-45(52(43,2)27-25-44(40)51)46-29-41(42(30-53)50(54)55-46)39-20-23-47(57-31-34-12-6-3-7-13-34)49(59-33-36-16-10-5-11-17-36)48(39)58-32-35-14-8-4-9-15-35/h3-18,20,23,29,38,40,43-45,56H,19,21-22,24-28,31-33H2,1-2H3,(H2,54,55)/t38-,40-,43-,44-,45+,51-,52-/m0/s1. The number of nitriles is 1. The van der Waals surface area contributed by atoms with Crippen LogP contribution in [0.5, 0.6) is 17.2 Å². The van der Waals surface area contributed by atoms with Crippen LogP contribution in [0.15, 0.2) is 121 Å². The first-order valence-electron chi connectivity index (χ1n) is 21.5. The number of aliphatic hydroxyl groups is 1. The minimum absolute atomic E-state index is 0.0493. The Kier molecular flexibility index (Phi) is 10.7. The van der Waals surface area contributed by atoms with Gasteiger partial charge in [0.05, 0.1) is 6.10 Å². The number of allylic oxidation sites excluding steroid dienone is 1. The average Bonchev–Trinajstić information content (AvgIpc) is 3.62. The summed E-state index contributed by atoms with van der Waals surface area (Å²) in [5.74, 6) is 3.78. The van der Waals surface area contributed by atoms with Crippen molar-refractivity contribution in [2.75, 3.05) is 5.73 Å². The van der Waals surface area contributed by atoms with Gasteiger partial charge in [-0.3, -0.25) is 0 Å². The van der Waals surface area contributed by atoms with E-state index in [0.29, 0.717) is 64.9 Å². The first-order chi connectivity index (χ1) is 28.7. The molecule has 4 aliphatic carbocycles. The summed E-state index contributed by atoms with van der Waals surface area (Å²) >= 11 is 0. The Morgan fingerprint density at radius 2 is 1.36 bits per heavy atom. The van der Waals surface area contributed by atoms with Crippen LogP contribution in [0.1, 0.15) is 99.1 Å². The minimum atomic E-state index is -0.202. The van der Waals surface area contributed by atoms with E-state index in [-0.39, 0.29) is 35.3 Å². The summed E-state index contributed by atoms with van der Waals surface area (Å²) in [4.78, 5) is 5.06. The van der Waals surface area contributed by atoms with Gasteiger partial charge in [-0.05, 0) is 115 Å². The number of anilines is 1. The third-order valence-corrected chi connectivity index (χ3v) is 14.7. The van der Waals surface area contributed by atoms with Gasteiger partial charge in [-0.15, -0.1) is 0 Å². The van der Waals surface area contributed by atoms with Crippen molar-refractivity contribution in [3.63, 3.8) is 0 Å². The van der Waals surface area contributed by atoms with Crippen LogP contribution in [0, 0.1) is 39.9 Å². The van der Waals surface area contributed by atoms with E-state index < -0.39 is 0 Å². The highest BCUT2D eigenvalue weighted by Gasteiger charge is 2.59. The van der Waals surface area contributed by atoms with Gasteiger partial charge in [-0.2, -0.15) is 5.26 Å². The molecular weight excluding hydrogens is 731 g/mol. The number of hydrogen-bond donors (Lipinski definition) is 2. The lowest BCUT2D eigenvalue weighted by Crippen LogP contribution is -2.50. The fraction of sp³-hybridized carbons (Fsp3) is 0.385. The number of hydrogen-bond acceptors (Lipinski definition) is 7. The van der Waals surface area contributed by atoms with E-state index in [9.17, 15) is 10.4 Å². The van der Waals surface area contributed by atoms with Crippen molar-refractivity contribution in [1.82, 2.24) is 4.98 Å². The zero-order valence-corrected chi connectivity index (χ0v) is 34.3. The molecule has 7 nitrogen and oxygen atoms in total. The fourth-order valence-corrected chi connectivity index (χ4v) is 11.6. The molecule has 0 saturated heterocycles. The van der Waals surface area contributed by atoms with E-state index in [1.807, 2.05) is 103 Å². The quantitative estimate of drug-likeness (QED) is 0.128. The van der Waals surface area contributed by atoms with Gasteiger partial charge in [0.15, 0.2) is 11.5 Å². The molecule has 7 atom stereocenters. The molecule has 9 rings (SSSR count). The van der Waals surface area contributed by atoms with Gasteiger partial charge in [-0.25, -0.2) is 4.98 Å². The smallest absolute Gasteiger partial charge is 0.204 e. The van der Waals surface area contributed by atoms with Crippen molar-refractivity contribution in [2.45, 2.75) is 97.1 Å². The molecule has 302 valence electrons. The Balaban J connectivity index is 1.11. The Morgan fingerprint density at radius 3 is 2.00 bits per heavy atom. The molecule has 4 aliphatic rings. The second kappa shape index (κ2) is 16.2. The molecule has 1 aromatic heterocycles. The van der Waals surface area contributed by atoms with E-state index in [4.69, 9.17) is 24.9 Å². The molecule has 0 unspecified atom stereocenters. The molecule has 0 amide bonds. The van der Waals surface area contributed by atoms with Gasteiger partial charge >= 0.3 is 0 Å². The number of rotatable bonds is 11. The SMILES string of the molecule is C[C@]12CC[C@H]3[C@@H](CC=C4C[C@@H](O)CC[C@@]43C)[C@@H]1CC[C@@H]2c1cc(-c2ccc(OCc3ccccc3)c(OCc3ccccc3)c2OCc2ccccc2)c(C#N)c(N)n1. The number of benzene rings is 4. The largest absolute Gasteiger partial charge is 0.485 e. The Bertz CT molecular complexity index is 2360. The van der Waals surface area contributed by atoms with E-state index in [2.05, 4.69) is 32.1 Å². The van der Waals surface area contributed by atoms with Crippen molar-refractivity contribution in [2.24, 2.45) is 28.6 Å². The molecule has 3 N–H and O–H groups in total. The summed E-state index contributed by atoms with van der Waals surface area (Å²) in [6.45, 7) is 5.90. The lowest BCUT2D eigenvalue weighted by molar-refractivity contribution is -0.0412. The zero-order chi connectivity index (χ0) is 40.6. The number of nitrogens with two attached hydrogens (primary N) is 1. The van der Waals surface area contributed by atoms with Crippen LogP contribution >= 0.6 is 0 Å². The van der Waals surface area contributed by atoms with E-state index in [1.165, 1.54) is 12.0 Å². The predicted molar refractivity (Wildman–Crippen MR) is 232 cm³/mol. The maximum atomic E-state index is 10.7. The molecule has 3 fully saturated rings. The molecule has 0 bridgehead atoms. The zero-order valence-electron chi connectivity index (χ0n) is 34.3. The Labute approximate surface area is 348 Å². The van der Waals surface area contributed by atoms with E-state index in [1.54, 1.807) is 0 Å². The van der Waals surface area contributed by atoms with Crippen molar-refractivity contribution >= 4 is 5.82 Å². The van der Waals surface area contributed by atoms with Gasteiger partial charge in [0.1, 0.15) is 37.3 Å². The number of pyridine rings is 1. The summed E-state index contributed by atoms with van der Waals surface area (Å²) in [6, 6.07) is 38.6. The molecule has 3 saturated carbocycles. The number of ether oxygens (including phenoxy) is 3. The fourth-order valence-electron chi connectivity index (χ4n) is 11.6. The summed E-state index contributed by atoms with van der Waals surface area (Å²) in [7, 11) is 0. The van der Waals surface area contributed by atoms with Crippen LogP contribution in [0.2, 0.25) is 0 Å². The summed E-state index contributed by atoms with van der Waals surface area (Å²) in [5, 5.41) is 21.3. The maximum absolute atomic E-state index is 10.7. The highest BCUT2D eigenvalue weighted by molar-refractivity contribution is 5.83. The minimum Gasteiger partial charge on any atom is -0.485 e. The third-order valence-electron chi connectivity index (χ3n) is 14.7. The molecule has 0 aliphatic heterocycles. The topological polar surface area (TPSA) is 111 Å². The highest BCUT2D eigenvalue weighted by Crippen LogP contribution is 2.68. The number of aliphatic hydroxyl groups excluding tert-OH is 1. The second-order valence-electron chi connectivity index (χ2n) is 17.9. The van der Waals surface area contributed by atoms with Crippen LogP contribution in [0.25, 0.3) is 11.1 Å². The highest BCUT2D eigenvalue weighted by atomic mass is 16.5. The van der Waals surface area contributed by atoms with Crippen LogP contribution < -0.4 is 19.9 Å². The molecule has 5 aromatic rings. The van der Waals surface area contributed by atoms with E-state index in [0.717, 1.165) is 67.3 Å². The van der Waals surface area contributed by atoms with Gasteiger partial charge in [0, 0.05) is 22.7 Å². The molecule has 7 heteroatoms. The first-order valence-corrected chi connectivity index (χ1v) is 21.5. The molecule has 0 radical (unpaired) electrons. The van der Waals surface area contributed by atoms with Crippen molar-refractivity contribution in [3.8, 4) is 34.4 Å². The summed E-state index contributed by atoms with van der Waals surface area (Å²) in [5.41, 5.74) is 14.3. The Morgan fingerprint density at radius 1 is 0.729 bits per heavy atom. The second-order valence-corrected chi connectivity index (χ2v) is 17.9. The van der Waals surface area contributed by atoms with Gasteiger partial charge in [-0.1, -0.05) is 116 Å². The van der Waals surface area contributed by atoms with Crippen LogP contribution in [0.4, 0.5) is 5.82 Å². The van der Waals surface area contributed by atoms with Gasteiger partial charge < -0.3 is 25.1 Å². The molecule has 0 spiro atoms. The monoisotopic (exact) mass is 785 g/mol. The third kappa shape index (κ3) is 7.38. The number of nitrogen functional groups attached to an aromatic ring is 1. The number of aromatic nitrogens is 1. The molecule has 59 heavy (non-hydrogen) atoms. The van der Waals surface area contributed by atoms with Crippen LogP contribution in [-0.2, 0) is 19.8 Å². The lowest BCUT2D eigenvalue weighted by Gasteiger charge is -2.58. The van der Waals surface area contributed by atoms with E-state index >= 15 is 0 Å². The molecule has 1 heterocycles. The van der Waals surface area contributed by atoms with Gasteiger partial charge in [0.2, 0.25) is 5.75 Å². The average molecular weight is 786 g/mol. The number of fused-ring (bicyclic) bond motifs is 5. The Hall–Kier alpha value is -5.58. The predicted octanol–water partition coefficient (Wildman–Crippen LogP) is 11.3. The molecule has 4 aromatic carbocycles. The number of nitrogens with zero attached hydrogens (tertiary/aromatic N) is 2.